The van der Waals surface area contributed by atoms with Gasteiger partial charge in [-0.3, -0.25) is 4.55 Å². The minimum absolute atomic E-state index is 0.0201. The van der Waals surface area contributed by atoms with Crippen LogP contribution in [0.1, 0.15) is 276 Å². The normalized spacial score (nSPS) is 11.9. The zero-order chi connectivity index (χ0) is 38.2. The van der Waals surface area contributed by atoms with Gasteiger partial charge in [-0.05, 0) is 30.5 Å². The van der Waals surface area contributed by atoms with Gasteiger partial charge in [0.25, 0.3) is 10.1 Å². The number of aryl methyl sites for hydroxylation is 1. The monoisotopic (exact) mass is 761 g/mol. The summed E-state index contributed by atoms with van der Waals surface area (Å²) in [6.45, 7) is 2.31. The number of hydrogen-bond donors (Lipinski definition) is 1. The molecule has 312 valence electrons. The Labute approximate surface area is 333 Å². The van der Waals surface area contributed by atoms with Crippen LogP contribution in [0.3, 0.4) is 0 Å². The third-order valence-corrected chi connectivity index (χ3v) is 12.7. The van der Waals surface area contributed by atoms with E-state index < -0.39 is 10.1 Å². The predicted octanol–water partition coefficient (Wildman–Crippen LogP) is 17.5. The summed E-state index contributed by atoms with van der Waals surface area (Å²) in [7, 11) is -4.08. The highest BCUT2D eigenvalue weighted by Crippen LogP contribution is 2.19. The van der Waals surface area contributed by atoms with Gasteiger partial charge < -0.3 is 0 Å². The summed E-state index contributed by atoms with van der Waals surface area (Å²) in [5.41, 5.74) is 1.14. The second-order valence-corrected chi connectivity index (χ2v) is 18.4. The standard InChI is InChI=1S/C49H92O3S/c1-2-3-4-5-6-7-8-9-10-11-12-13-14-15-16-17-18-19-20-21-22-23-24-25-26-27-28-29-30-31-32-33-34-35-36-37-38-39-40-41-42-43-48-44-46-49(47-45-48)53(50,51)52/h44-47H,2-43H2,1H3,(H,50,51,52). The van der Waals surface area contributed by atoms with Crippen molar-refractivity contribution in [1.29, 1.82) is 0 Å². The van der Waals surface area contributed by atoms with Crippen LogP contribution in [0.2, 0.25) is 0 Å². The molecule has 1 N–H and O–H groups in total. The molecule has 0 aliphatic rings. The molecular weight excluding hydrogens is 669 g/mol. The molecule has 1 aromatic carbocycles. The summed E-state index contributed by atoms with van der Waals surface area (Å²) in [4.78, 5) is -0.0201. The summed E-state index contributed by atoms with van der Waals surface area (Å²) in [6, 6.07) is 6.62. The molecule has 0 aliphatic carbocycles. The van der Waals surface area contributed by atoms with E-state index in [1.165, 1.54) is 269 Å². The van der Waals surface area contributed by atoms with Gasteiger partial charge in [-0.25, -0.2) is 0 Å². The Bertz CT molecular complexity index is 956. The van der Waals surface area contributed by atoms with E-state index in [1.54, 1.807) is 0 Å². The highest BCUT2D eigenvalue weighted by Gasteiger charge is 2.08. The van der Waals surface area contributed by atoms with Crippen molar-refractivity contribution in [3.8, 4) is 0 Å². The summed E-state index contributed by atoms with van der Waals surface area (Å²) in [5, 5.41) is 0. The summed E-state index contributed by atoms with van der Waals surface area (Å²) < 4.78 is 31.3. The average Bonchev–Trinajstić information content (AvgIpc) is 3.15. The van der Waals surface area contributed by atoms with E-state index in [2.05, 4.69) is 6.92 Å². The molecular formula is C49H92O3S. The molecule has 0 aromatic heterocycles. The van der Waals surface area contributed by atoms with Crippen molar-refractivity contribution in [2.24, 2.45) is 0 Å². The maximum atomic E-state index is 11.1. The number of benzene rings is 1. The smallest absolute Gasteiger partial charge is 0.282 e. The van der Waals surface area contributed by atoms with E-state index in [9.17, 15) is 8.42 Å². The molecule has 0 bridgehead atoms. The van der Waals surface area contributed by atoms with Crippen LogP contribution in [0.5, 0.6) is 0 Å². The zero-order valence-corrected chi connectivity index (χ0v) is 36.5. The second-order valence-electron chi connectivity index (χ2n) is 17.0. The molecule has 0 unspecified atom stereocenters. The van der Waals surface area contributed by atoms with Gasteiger partial charge in [0.05, 0.1) is 4.90 Å². The van der Waals surface area contributed by atoms with Crippen molar-refractivity contribution < 1.29 is 13.0 Å². The molecule has 3 nitrogen and oxygen atoms in total. The number of unbranched alkanes of at least 4 members (excludes halogenated alkanes) is 40. The van der Waals surface area contributed by atoms with Crippen LogP contribution in [-0.2, 0) is 16.5 Å². The Hall–Kier alpha value is -0.870. The second kappa shape index (κ2) is 39.4. The van der Waals surface area contributed by atoms with Crippen molar-refractivity contribution in [2.45, 2.75) is 281 Å². The third kappa shape index (κ3) is 36.5. The molecule has 0 atom stereocenters. The Morgan fingerprint density at radius 2 is 0.509 bits per heavy atom. The summed E-state index contributed by atoms with van der Waals surface area (Å²) >= 11 is 0. The number of rotatable bonds is 43. The van der Waals surface area contributed by atoms with Gasteiger partial charge in [-0.2, -0.15) is 8.42 Å². The average molecular weight is 761 g/mol. The van der Waals surface area contributed by atoms with Crippen LogP contribution in [0.25, 0.3) is 0 Å². The molecule has 4 heteroatoms. The Kier molecular flexibility index (Phi) is 37.3. The van der Waals surface area contributed by atoms with Crippen molar-refractivity contribution >= 4 is 10.1 Å². The first kappa shape index (κ1) is 50.1. The summed E-state index contributed by atoms with van der Waals surface area (Å²) in [5.74, 6) is 0. The lowest BCUT2D eigenvalue weighted by Crippen LogP contribution is -1.98. The van der Waals surface area contributed by atoms with Gasteiger partial charge in [-0.15, -0.1) is 0 Å². The Morgan fingerprint density at radius 1 is 0.321 bits per heavy atom. The quantitative estimate of drug-likeness (QED) is 0.0533. The predicted molar refractivity (Wildman–Crippen MR) is 235 cm³/mol. The lowest BCUT2D eigenvalue weighted by Gasteiger charge is -2.05. The fourth-order valence-corrected chi connectivity index (χ4v) is 8.60. The lowest BCUT2D eigenvalue weighted by molar-refractivity contribution is 0.483. The molecule has 0 aliphatic heterocycles. The fraction of sp³-hybridized carbons (Fsp3) is 0.878. The maximum Gasteiger partial charge on any atom is 0.294 e. The van der Waals surface area contributed by atoms with Crippen molar-refractivity contribution in [2.75, 3.05) is 0 Å². The van der Waals surface area contributed by atoms with Gasteiger partial charge in [-0.1, -0.05) is 276 Å². The Balaban J connectivity index is 1.64. The fourth-order valence-electron chi connectivity index (χ4n) is 8.12. The topological polar surface area (TPSA) is 54.4 Å². The SMILES string of the molecule is CCCCCCCCCCCCCCCCCCCCCCCCCCCCCCCCCCCCCCCCCCCc1ccc(S(=O)(=O)O)cc1. The van der Waals surface area contributed by atoms with E-state index in [0.29, 0.717) is 0 Å². The van der Waals surface area contributed by atoms with Gasteiger partial charge in [0.2, 0.25) is 0 Å². The van der Waals surface area contributed by atoms with Crippen LogP contribution in [0, 0.1) is 0 Å². The summed E-state index contributed by atoms with van der Waals surface area (Å²) in [6.07, 6.45) is 60.0. The van der Waals surface area contributed by atoms with Crippen LogP contribution in [-0.4, -0.2) is 13.0 Å². The molecule has 0 radical (unpaired) electrons. The maximum absolute atomic E-state index is 11.1. The highest BCUT2D eigenvalue weighted by atomic mass is 32.2. The third-order valence-electron chi connectivity index (χ3n) is 11.8. The first-order valence-corrected chi connectivity index (χ1v) is 25.5. The molecule has 1 aromatic rings. The van der Waals surface area contributed by atoms with Crippen molar-refractivity contribution in [3.63, 3.8) is 0 Å². The van der Waals surface area contributed by atoms with Gasteiger partial charge in [0, 0.05) is 0 Å². The molecule has 0 spiro atoms. The van der Waals surface area contributed by atoms with Gasteiger partial charge in [0.1, 0.15) is 0 Å². The van der Waals surface area contributed by atoms with Crippen LogP contribution in [0.15, 0.2) is 29.2 Å². The lowest BCUT2D eigenvalue weighted by atomic mass is 10.0. The van der Waals surface area contributed by atoms with E-state index in [1.807, 2.05) is 12.1 Å². The molecule has 0 fully saturated rings. The van der Waals surface area contributed by atoms with Crippen LogP contribution >= 0.6 is 0 Å². The first-order chi connectivity index (χ1) is 26.0. The van der Waals surface area contributed by atoms with Gasteiger partial charge >= 0.3 is 0 Å². The molecule has 53 heavy (non-hydrogen) atoms. The molecule has 0 saturated heterocycles. The highest BCUT2D eigenvalue weighted by molar-refractivity contribution is 7.85. The van der Waals surface area contributed by atoms with Gasteiger partial charge in [0.15, 0.2) is 0 Å². The minimum atomic E-state index is -4.08. The number of hydrogen-bond acceptors (Lipinski definition) is 2. The minimum Gasteiger partial charge on any atom is -0.282 e. The Morgan fingerprint density at radius 3 is 0.698 bits per heavy atom. The van der Waals surface area contributed by atoms with E-state index in [4.69, 9.17) is 4.55 Å². The molecule has 0 amide bonds. The zero-order valence-electron chi connectivity index (χ0n) is 35.7. The van der Waals surface area contributed by atoms with Crippen molar-refractivity contribution in [1.82, 2.24) is 0 Å². The van der Waals surface area contributed by atoms with Crippen LogP contribution < -0.4 is 0 Å². The van der Waals surface area contributed by atoms with E-state index in [-0.39, 0.29) is 4.90 Å². The van der Waals surface area contributed by atoms with Crippen LogP contribution in [0.4, 0.5) is 0 Å². The molecule has 0 saturated carbocycles. The molecule has 0 heterocycles. The first-order valence-electron chi connectivity index (χ1n) is 24.1. The van der Waals surface area contributed by atoms with E-state index >= 15 is 0 Å². The molecule has 1 rings (SSSR count). The van der Waals surface area contributed by atoms with E-state index in [0.717, 1.165) is 18.4 Å². The van der Waals surface area contributed by atoms with Crippen molar-refractivity contribution in [3.05, 3.63) is 29.8 Å². The largest absolute Gasteiger partial charge is 0.294 e.